The van der Waals surface area contributed by atoms with Gasteiger partial charge in [0, 0.05) is 31.7 Å². The van der Waals surface area contributed by atoms with E-state index in [1.54, 1.807) is 0 Å². The minimum atomic E-state index is 0.124. The molecule has 1 heterocycles. The smallest absolute Gasteiger partial charge is 0.0702 e. The van der Waals surface area contributed by atoms with Gasteiger partial charge in [0.15, 0.2) is 0 Å². The summed E-state index contributed by atoms with van der Waals surface area (Å²) in [6, 6.07) is 8.34. The average Bonchev–Trinajstić information content (AvgIpc) is 2.50. The number of aliphatic hydroxyl groups excluding tert-OH is 1. The van der Waals surface area contributed by atoms with Crippen molar-refractivity contribution in [2.24, 2.45) is 0 Å². The van der Waals surface area contributed by atoms with Crippen molar-refractivity contribution in [3.8, 4) is 11.8 Å². The summed E-state index contributed by atoms with van der Waals surface area (Å²) in [5.74, 6) is 5.99. The first-order valence-electron chi connectivity index (χ1n) is 7.77. The minimum Gasteiger partial charge on any atom is -0.395 e. The van der Waals surface area contributed by atoms with Crippen molar-refractivity contribution in [2.75, 3.05) is 26.8 Å². The Bertz CT molecular complexity index is 466. The van der Waals surface area contributed by atoms with Gasteiger partial charge in [-0.15, -0.1) is 0 Å². The van der Waals surface area contributed by atoms with E-state index >= 15 is 0 Å². The number of hydrogen-bond acceptors (Lipinski definition) is 3. The van der Waals surface area contributed by atoms with Crippen molar-refractivity contribution < 1.29 is 9.84 Å². The second-order valence-electron chi connectivity index (χ2n) is 5.66. The lowest BCUT2D eigenvalue weighted by Crippen LogP contribution is -2.33. The minimum absolute atomic E-state index is 0.124. The average molecular weight is 287 g/mol. The molecule has 0 radical (unpaired) electrons. The quantitative estimate of drug-likeness (QED) is 0.844. The highest BCUT2D eigenvalue weighted by Crippen LogP contribution is 2.14. The Morgan fingerprint density at radius 2 is 2.10 bits per heavy atom. The molecular weight excluding hydrogens is 262 g/mol. The molecule has 1 fully saturated rings. The van der Waals surface area contributed by atoms with Crippen molar-refractivity contribution >= 4 is 0 Å². The van der Waals surface area contributed by atoms with Gasteiger partial charge in [-0.2, -0.15) is 0 Å². The van der Waals surface area contributed by atoms with Gasteiger partial charge in [0.1, 0.15) is 0 Å². The van der Waals surface area contributed by atoms with Crippen molar-refractivity contribution in [1.82, 2.24) is 4.90 Å². The molecule has 1 aliphatic heterocycles. The zero-order chi connectivity index (χ0) is 14.9. The first-order chi connectivity index (χ1) is 10.3. The summed E-state index contributed by atoms with van der Waals surface area (Å²) in [5, 5.41) is 8.70. The Morgan fingerprint density at radius 1 is 1.29 bits per heavy atom. The normalized spacial score (nSPS) is 18.3. The third-order valence-electron chi connectivity index (χ3n) is 3.67. The van der Waals surface area contributed by atoms with Crippen LogP contribution in [0.3, 0.4) is 0 Å². The van der Waals surface area contributed by atoms with Crippen LogP contribution in [0, 0.1) is 11.8 Å². The third kappa shape index (κ3) is 5.89. The van der Waals surface area contributed by atoms with Gasteiger partial charge in [0.25, 0.3) is 0 Å². The predicted octanol–water partition coefficient (Wildman–Crippen LogP) is 2.42. The molecule has 114 valence electrons. The monoisotopic (exact) mass is 287 g/mol. The Labute approximate surface area is 127 Å². The van der Waals surface area contributed by atoms with Crippen LogP contribution in [0.1, 0.15) is 36.8 Å². The summed E-state index contributed by atoms with van der Waals surface area (Å²) in [5.41, 5.74) is 2.30. The van der Waals surface area contributed by atoms with E-state index in [0.29, 0.717) is 12.5 Å². The highest BCUT2D eigenvalue weighted by atomic mass is 16.5. The zero-order valence-corrected chi connectivity index (χ0v) is 12.8. The summed E-state index contributed by atoms with van der Waals surface area (Å²) in [7, 11) is 2.15. The Morgan fingerprint density at radius 3 is 2.76 bits per heavy atom. The molecule has 1 atom stereocenters. The van der Waals surface area contributed by atoms with Crippen molar-refractivity contribution in [2.45, 2.75) is 38.3 Å². The zero-order valence-electron chi connectivity index (χ0n) is 12.8. The molecule has 1 aliphatic rings. The number of nitrogens with zero attached hydrogens (tertiary/aromatic N) is 1. The largest absolute Gasteiger partial charge is 0.395 e. The standard InChI is InChI=1S/C18H25NO2/c1-19(15-18-7-3-5-13-21-18)14-17-10-8-16(9-11-17)6-2-4-12-20/h8-11,18,20H,3-5,7,12-15H2,1H3/t18-/m1/s1. The number of ether oxygens (including phenoxy) is 1. The topological polar surface area (TPSA) is 32.7 Å². The molecule has 1 aromatic carbocycles. The van der Waals surface area contributed by atoms with E-state index < -0.39 is 0 Å². The van der Waals surface area contributed by atoms with Crippen LogP contribution in [0.15, 0.2) is 24.3 Å². The molecule has 21 heavy (non-hydrogen) atoms. The van der Waals surface area contributed by atoms with Gasteiger partial charge in [-0.25, -0.2) is 0 Å². The van der Waals surface area contributed by atoms with Crippen LogP contribution in [0.2, 0.25) is 0 Å². The second kappa shape index (κ2) is 8.84. The Kier molecular flexibility index (Phi) is 6.75. The van der Waals surface area contributed by atoms with E-state index in [9.17, 15) is 0 Å². The maximum atomic E-state index is 8.70. The molecule has 0 saturated carbocycles. The van der Waals surface area contributed by atoms with Crippen molar-refractivity contribution in [3.05, 3.63) is 35.4 Å². The lowest BCUT2D eigenvalue weighted by Gasteiger charge is -2.27. The van der Waals surface area contributed by atoms with Gasteiger partial charge in [0.2, 0.25) is 0 Å². The summed E-state index contributed by atoms with van der Waals surface area (Å²) < 4.78 is 5.78. The van der Waals surface area contributed by atoms with Gasteiger partial charge in [-0.3, -0.25) is 4.90 Å². The SMILES string of the molecule is CN(Cc1ccc(C#CCCO)cc1)C[C@H]1CCCCO1. The molecule has 0 spiro atoms. The summed E-state index contributed by atoms with van der Waals surface area (Å²) in [4.78, 5) is 2.32. The van der Waals surface area contributed by atoms with E-state index in [4.69, 9.17) is 9.84 Å². The fourth-order valence-electron chi connectivity index (χ4n) is 2.59. The first-order valence-corrected chi connectivity index (χ1v) is 7.77. The summed E-state index contributed by atoms with van der Waals surface area (Å²) >= 11 is 0. The Hall–Kier alpha value is -1.34. The lowest BCUT2D eigenvalue weighted by atomic mass is 10.1. The Balaban J connectivity index is 1.80. The van der Waals surface area contributed by atoms with Crippen LogP contribution in [-0.2, 0) is 11.3 Å². The molecule has 3 nitrogen and oxygen atoms in total. The molecule has 0 amide bonds. The van der Waals surface area contributed by atoms with Crippen LogP contribution >= 0.6 is 0 Å². The van der Waals surface area contributed by atoms with Gasteiger partial charge in [-0.05, 0) is 44.0 Å². The molecule has 0 aromatic heterocycles. The van der Waals surface area contributed by atoms with Gasteiger partial charge < -0.3 is 9.84 Å². The highest BCUT2D eigenvalue weighted by molar-refractivity contribution is 5.36. The third-order valence-corrected chi connectivity index (χ3v) is 3.67. The number of likely N-dealkylation sites (N-methyl/N-ethyl adjacent to an activating group) is 1. The fourth-order valence-corrected chi connectivity index (χ4v) is 2.59. The fraction of sp³-hybridized carbons (Fsp3) is 0.556. The van der Waals surface area contributed by atoms with E-state index in [2.05, 4.69) is 35.9 Å². The van der Waals surface area contributed by atoms with Crippen LogP contribution in [0.4, 0.5) is 0 Å². The molecule has 2 rings (SSSR count). The highest BCUT2D eigenvalue weighted by Gasteiger charge is 2.15. The molecule has 3 heteroatoms. The number of aliphatic hydroxyl groups is 1. The molecule has 0 unspecified atom stereocenters. The van der Waals surface area contributed by atoms with E-state index in [1.807, 2.05) is 12.1 Å². The number of benzene rings is 1. The summed E-state index contributed by atoms with van der Waals surface area (Å²) in [6.07, 6.45) is 4.61. The van der Waals surface area contributed by atoms with Crippen LogP contribution in [-0.4, -0.2) is 42.9 Å². The molecule has 0 aliphatic carbocycles. The second-order valence-corrected chi connectivity index (χ2v) is 5.66. The van der Waals surface area contributed by atoms with E-state index in [-0.39, 0.29) is 6.61 Å². The predicted molar refractivity (Wildman–Crippen MR) is 84.9 cm³/mol. The van der Waals surface area contributed by atoms with Crippen LogP contribution in [0.25, 0.3) is 0 Å². The molecule has 1 N–H and O–H groups in total. The van der Waals surface area contributed by atoms with Crippen LogP contribution in [0.5, 0.6) is 0 Å². The number of rotatable bonds is 5. The number of hydrogen-bond donors (Lipinski definition) is 1. The van der Waals surface area contributed by atoms with Gasteiger partial charge in [0.05, 0.1) is 12.7 Å². The maximum Gasteiger partial charge on any atom is 0.0702 e. The van der Waals surface area contributed by atoms with Gasteiger partial charge in [-0.1, -0.05) is 24.0 Å². The summed E-state index contributed by atoms with van der Waals surface area (Å²) in [6.45, 7) is 2.97. The van der Waals surface area contributed by atoms with Gasteiger partial charge >= 0.3 is 0 Å². The lowest BCUT2D eigenvalue weighted by molar-refractivity contribution is -0.00259. The molecule has 0 bridgehead atoms. The first kappa shape index (κ1) is 16.0. The molecule has 1 saturated heterocycles. The van der Waals surface area contributed by atoms with Crippen LogP contribution < -0.4 is 0 Å². The maximum absolute atomic E-state index is 8.70. The molecule has 1 aromatic rings. The van der Waals surface area contributed by atoms with Crippen molar-refractivity contribution in [3.63, 3.8) is 0 Å². The van der Waals surface area contributed by atoms with E-state index in [1.165, 1.54) is 24.8 Å². The van der Waals surface area contributed by atoms with E-state index in [0.717, 1.165) is 25.3 Å². The van der Waals surface area contributed by atoms with Crippen molar-refractivity contribution in [1.29, 1.82) is 0 Å². The molecular formula is C18H25NO2.